The Hall–Kier alpha value is -2.61. The van der Waals surface area contributed by atoms with E-state index < -0.39 is 0 Å². The molecular formula is C21H21N2+. The van der Waals surface area contributed by atoms with E-state index in [1.165, 1.54) is 27.7 Å². The van der Waals surface area contributed by atoms with Gasteiger partial charge in [0.05, 0.1) is 5.39 Å². The average Bonchev–Trinajstić information content (AvgIpc) is 3.04. The van der Waals surface area contributed by atoms with Crippen LogP contribution in [0.1, 0.15) is 25.1 Å². The third-order valence-corrected chi connectivity index (χ3v) is 4.63. The molecule has 0 unspecified atom stereocenters. The largest absolute Gasteiger partial charge is 0.292 e. The Labute approximate surface area is 136 Å². The summed E-state index contributed by atoms with van der Waals surface area (Å²) in [4.78, 5) is 3.40. The summed E-state index contributed by atoms with van der Waals surface area (Å²) < 4.78 is 2.30. The van der Waals surface area contributed by atoms with Crippen LogP contribution in [0.5, 0.6) is 0 Å². The number of fused-ring (bicyclic) bond motifs is 3. The van der Waals surface area contributed by atoms with E-state index in [0.29, 0.717) is 0 Å². The Balaban J connectivity index is 1.90. The van der Waals surface area contributed by atoms with Gasteiger partial charge in [-0.3, -0.25) is 0 Å². The number of nitrogens with zero attached hydrogens (tertiary/aromatic N) is 1. The van der Waals surface area contributed by atoms with Crippen molar-refractivity contribution in [2.75, 3.05) is 0 Å². The highest BCUT2D eigenvalue weighted by Gasteiger charge is 2.28. The summed E-state index contributed by atoms with van der Waals surface area (Å²) in [6, 6.07) is 21.6. The second kappa shape index (κ2) is 5.24. The molecule has 2 aromatic heterocycles. The predicted octanol–water partition coefficient (Wildman–Crippen LogP) is 4.43. The lowest BCUT2D eigenvalue weighted by atomic mass is 9.81. The molecule has 0 fully saturated rings. The van der Waals surface area contributed by atoms with Gasteiger partial charge in [-0.1, -0.05) is 62.4 Å². The van der Waals surface area contributed by atoms with Crippen molar-refractivity contribution in [2.24, 2.45) is 0 Å². The van der Waals surface area contributed by atoms with Crippen molar-refractivity contribution in [2.45, 2.75) is 25.7 Å². The number of aromatic amines is 1. The molecule has 4 aromatic rings. The van der Waals surface area contributed by atoms with Gasteiger partial charge in [-0.15, -0.1) is 0 Å². The van der Waals surface area contributed by atoms with Gasteiger partial charge >= 0.3 is 0 Å². The van der Waals surface area contributed by atoms with Gasteiger partial charge in [0.2, 0.25) is 0 Å². The minimum Gasteiger partial charge on any atom is -0.243 e. The molecule has 2 heterocycles. The highest BCUT2D eigenvalue weighted by atomic mass is 15.0. The quantitative estimate of drug-likeness (QED) is 0.540. The highest BCUT2D eigenvalue weighted by molar-refractivity contribution is 5.92. The van der Waals surface area contributed by atoms with Crippen LogP contribution in [0.25, 0.3) is 16.4 Å². The summed E-state index contributed by atoms with van der Waals surface area (Å²) in [5, 5.41) is 2.54. The number of rotatable bonds is 3. The van der Waals surface area contributed by atoms with E-state index >= 15 is 0 Å². The third kappa shape index (κ3) is 2.40. The molecule has 4 rings (SSSR count). The smallest absolute Gasteiger partial charge is 0.243 e. The van der Waals surface area contributed by atoms with Crippen LogP contribution in [0.2, 0.25) is 0 Å². The highest BCUT2D eigenvalue weighted by Crippen LogP contribution is 2.28. The lowest BCUT2D eigenvalue weighted by Gasteiger charge is -2.24. The molecule has 2 heteroatoms. The molecule has 2 nitrogen and oxygen atoms in total. The molecule has 0 aliphatic heterocycles. The lowest BCUT2D eigenvalue weighted by Crippen LogP contribution is -2.36. The van der Waals surface area contributed by atoms with Crippen LogP contribution in [0.15, 0.2) is 73.1 Å². The fraction of sp³-hybridized carbons (Fsp3) is 0.190. The number of benzene rings is 2. The van der Waals surface area contributed by atoms with Crippen molar-refractivity contribution in [1.82, 2.24) is 4.98 Å². The topological polar surface area (TPSA) is 19.9 Å². The second-order valence-corrected chi connectivity index (χ2v) is 6.84. The maximum Gasteiger partial charge on any atom is 0.292 e. The van der Waals surface area contributed by atoms with Crippen molar-refractivity contribution < 1.29 is 4.40 Å². The van der Waals surface area contributed by atoms with Gasteiger partial charge in [-0.25, -0.2) is 4.98 Å². The number of H-pyrrole nitrogens is 1. The minimum absolute atomic E-state index is 0.0382. The molecule has 0 amide bonds. The van der Waals surface area contributed by atoms with E-state index in [1.54, 1.807) is 0 Å². The molecule has 0 saturated heterocycles. The van der Waals surface area contributed by atoms with Crippen LogP contribution in [-0.4, -0.2) is 4.98 Å². The number of nitrogens with one attached hydrogen (secondary N) is 1. The maximum absolute atomic E-state index is 3.40. The zero-order chi connectivity index (χ0) is 15.9. The number of pyridine rings is 1. The van der Waals surface area contributed by atoms with Gasteiger partial charge in [0.25, 0.3) is 5.65 Å². The van der Waals surface area contributed by atoms with Crippen molar-refractivity contribution in [1.29, 1.82) is 0 Å². The zero-order valence-corrected chi connectivity index (χ0v) is 13.6. The Kier molecular flexibility index (Phi) is 3.19. The SMILES string of the molecule is CC(C)(Cc1ccccc1)c1cc2ccccc2c2[nH]cc[n+]12. The van der Waals surface area contributed by atoms with E-state index in [4.69, 9.17) is 0 Å². The molecule has 1 N–H and O–H groups in total. The van der Waals surface area contributed by atoms with E-state index in [9.17, 15) is 0 Å². The first kappa shape index (κ1) is 14.0. The van der Waals surface area contributed by atoms with Crippen LogP contribution in [0.3, 0.4) is 0 Å². The number of hydrogen-bond acceptors (Lipinski definition) is 0. The van der Waals surface area contributed by atoms with Crippen molar-refractivity contribution >= 4 is 16.4 Å². The van der Waals surface area contributed by atoms with Gasteiger partial charge in [0.15, 0.2) is 0 Å². The monoisotopic (exact) mass is 301 g/mol. The van der Waals surface area contributed by atoms with E-state index in [2.05, 4.69) is 90.1 Å². The van der Waals surface area contributed by atoms with E-state index in [0.717, 1.165) is 6.42 Å². The predicted molar refractivity (Wildman–Crippen MR) is 94.6 cm³/mol. The maximum atomic E-state index is 3.40. The summed E-state index contributed by atoms with van der Waals surface area (Å²) in [7, 11) is 0. The molecule has 0 saturated carbocycles. The van der Waals surface area contributed by atoms with Crippen LogP contribution in [0.4, 0.5) is 0 Å². The minimum atomic E-state index is 0.0382. The lowest BCUT2D eigenvalue weighted by molar-refractivity contribution is -0.523. The van der Waals surface area contributed by atoms with Gasteiger partial charge < -0.3 is 0 Å². The number of aromatic nitrogens is 2. The molecule has 0 aliphatic rings. The first-order valence-electron chi connectivity index (χ1n) is 8.10. The van der Waals surface area contributed by atoms with E-state index in [-0.39, 0.29) is 5.41 Å². The fourth-order valence-electron chi connectivity index (χ4n) is 3.52. The summed E-state index contributed by atoms with van der Waals surface area (Å²) in [5.41, 5.74) is 3.90. The molecule has 23 heavy (non-hydrogen) atoms. The van der Waals surface area contributed by atoms with Crippen LogP contribution in [-0.2, 0) is 11.8 Å². The third-order valence-electron chi connectivity index (χ3n) is 4.63. The average molecular weight is 301 g/mol. The molecule has 0 aliphatic carbocycles. The van der Waals surface area contributed by atoms with Crippen molar-refractivity contribution in [3.8, 4) is 0 Å². The van der Waals surface area contributed by atoms with Gasteiger partial charge in [-0.05, 0) is 29.5 Å². The molecule has 0 bridgehead atoms. The fourth-order valence-corrected chi connectivity index (χ4v) is 3.52. The second-order valence-electron chi connectivity index (χ2n) is 6.84. The number of hydrogen-bond donors (Lipinski definition) is 1. The summed E-state index contributed by atoms with van der Waals surface area (Å²) in [6.45, 7) is 4.65. The molecule has 0 radical (unpaired) electrons. The Bertz CT molecular complexity index is 965. The standard InChI is InChI=1S/C21H20N2/c1-21(2,15-16-8-4-3-5-9-16)19-14-17-10-6-7-11-18(17)20-22-12-13-23(19)20/h3-14H,15H2,1-2H3/p+1. The zero-order valence-electron chi connectivity index (χ0n) is 13.6. The normalized spacial score (nSPS) is 12.1. The number of imidazole rings is 1. The van der Waals surface area contributed by atoms with Crippen molar-refractivity contribution in [3.05, 3.63) is 84.3 Å². The summed E-state index contributed by atoms with van der Waals surface area (Å²) in [5.74, 6) is 0. The Morgan fingerprint density at radius 2 is 1.70 bits per heavy atom. The van der Waals surface area contributed by atoms with Crippen LogP contribution < -0.4 is 4.40 Å². The molecule has 0 atom stereocenters. The molecule has 114 valence electrons. The molecule has 0 spiro atoms. The Morgan fingerprint density at radius 3 is 2.52 bits per heavy atom. The molecule has 2 aromatic carbocycles. The van der Waals surface area contributed by atoms with Crippen molar-refractivity contribution in [3.63, 3.8) is 0 Å². The first-order valence-corrected chi connectivity index (χ1v) is 8.10. The first-order chi connectivity index (χ1) is 11.1. The van der Waals surface area contributed by atoms with E-state index in [1.807, 2.05) is 6.20 Å². The molecular weight excluding hydrogens is 280 g/mol. The van der Waals surface area contributed by atoms with Gasteiger partial charge in [0, 0.05) is 5.41 Å². The Morgan fingerprint density at radius 1 is 0.957 bits per heavy atom. The van der Waals surface area contributed by atoms with Gasteiger partial charge in [0.1, 0.15) is 18.1 Å². The summed E-state index contributed by atoms with van der Waals surface area (Å²) in [6.07, 6.45) is 5.16. The van der Waals surface area contributed by atoms with Crippen LogP contribution >= 0.6 is 0 Å². The van der Waals surface area contributed by atoms with Crippen LogP contribution in [0, 0.1) is 0 Å². The van der Waals surface area contributed by atoms with Gasteiger partial charge in [-0.2, -0.15) is 4.40 Å². The summed E-state index contributed by atoms with van der Waals surface area (Å²) >= 11 is 0.